The Balaban J connectivity index is 1.49. The topological polar surface area (TPSA) is 42.2 Å². The number of hydrogen-bond acceptors (Lipinski definition) is 4. The van der Waals surface area contributed by atoms with E-state index in [-0.39, 0.29) is 6.04 Å². The summed E-state index contributed by atoms with van der Waals surface area (Å²) in [7, 11) is 1.04. The Labute approximate surface area is 165 Å². The molecule has 0 saturated heterocycles. The van der Waals surface area contributed by atoms with Crippen molar-refractivity contribution in [3.05, 3.63) is 71.8 Å². The molecule has 0 radical (unpaired) electrons. The van der Waals surface area contributed by atoms with Gasteiger partial charge < -0.3 is 9.88 Å². The molecule has 6 heteroatoms. The molecule has 0 amide bonds. The van der Waals surface area contributed by atoms with Crippen molar-refractivity contribution in [1.82, 2.24) is 9.55 Å². The van der Waals surface area contributed by atoms with Crippen LogP contribution in [-0.4, -0.2) is 27.8 Å². The average molecular weight is 374 g/mol. The maximum atomic E-state index is 4.91. The van der Waals surface area contributed by atoms with Crippen LogP contribution in [0.5, 0.6) is 0 Å². The molecule has 1 N–H and O–H groups in total. The van der Waals surface area contributed by atoms with Crippen LogP contribution in [0.3, 0.4) is 0 Å². The van der Waals surface area contributed by atoms with Crippen LogP contribution in [0.25, 0.3) is 5.69 Å². The van der Waals surface area contributed by atoms with Crippen molar-refractivity contribution in [2.24, 2.45) is 4.99 Å². The number of hydrogen-bond donors (Lipinski definition) is 1. The van der Waals surface area contributed by atoms with E-state index in [1.54, 1.807) is 11.8 Å². The molecule has 0 aliphatic carbocycles. The zero-order valence-electron chi connectivity index (χ0n) is 15.9. The Kier molecular flexibility index (Phi) is 5.08. The van der Waals surface area contributed by atoms with Gasteiger partial charge in [0.1, 0.15) is 0 Å². The Morgan fingerprint density at radius 3 is 2.67 bits per heavy atom. The fourth-order valence-corrected chi connectivity index (χ4v) is 4.15. The van der Waals surface area contributed by atoms with Gasteiger partial charge in [0.05, 0.1) is 18.1 Å². The Hall–Kier alpha value is -2.47. The summed E-state index contributed by atoms with van der Waals surface area (Å²) in [6, 6.07) is 15.4. The molecule has 136 valence electrons. The first-order chi connectivity index (χ1) is 13.1. The summed E-state index contributed by atoms with van der Waals surface area (Å²) in [4.78, 5) is 9.20. The van der Waals surface area contributed by atoms with E-state index in [1.165, 1.54) is 16.6 Å². The molecule has 1 unspecified atom stereocenters. The number of thioether (sulfide) groups is 1. The number of rotatable bonds is 4. The number of benzene rings is 2. The second-order valence-corrected chi connectivity index (χ2v) is 7.91. The van der Waals surface area contributed by atoms with Crippen LogP contribution in [0.4, 0.5) is 5.69 Å². The second kappa shape index (κ2) is 7.65. The van der Waals surface area contributed by atoms with Gasteiger partial charge in [-0.15, -0.1) is 0 Å². The molecule has 2 heterocycles. The lowest BCUT2D eigenvalue weighted by atomic mass is 9.73. The fraction of sp³-hybridized carbons (Fsp3) is 0.238. The molecule has 0 bridgehead atoms. The number of amidine groups is 1. The third kappa shape index (κ3) is 3.95. The van der Waals surface area contributed by atoms with Gasteiger partial charge in [0.15, 0.2) is 12.4 Å². The monoisotopic (exact) mass is 374 g/mol. The summed E-state index contributed by atoms with van der Waals surface area (Å²) < 4.78 is 2.04. The fourth-order valence-electron chi connectivity index (χ4n) is 3.18. The molecule has 0 spiro atoms. The summed E-state index contributed by atoms with van der Waals surface area (Å²) >= 11 is 1.79. The van der Waals surface area contributed by atoms with Gasteiger partial charge in [0, 0.05) is 23.3 Å². The van der Waals surface area contributed by atoms with Crippen LogP contribution in [0.1, 0.15) is 22.9 Å². The average Bonchev–Trinajstić information content (AvgIpc) is 3.33. The van der Waals surface area contributed by atoms with Crippen LogP contribution < -0.4 is 10.8 Å². The van der Waals surface area contributed by atoms with Gasteiger partial charge in [-0.25, -0.2) is 4.98 Å². The van der Waals surface area contributed by atoms with Gasteiger partial charge in [0.25, 0.3) is 0 Å². The van der Waals surface area contributed by atoms with Gasteiger partial charge >= 0.3 is 0 Å². The van der Waals surface area contributed by atoms with Crippen molar-refractivity contribution in [3.63, 3.8) is 0 Å². The smallest absolute Gasteiger partial charge is 0.161 e. The van der Waals surface area contributed by atoms with Crippen molar-refractivity contribution in [2.45, 2.75) is 26.7 Å². The molecule has 2 aromatic carbocycles. The molecule has 27 heavy (non-hydrogen) atoms. The number of nitrogens with one attached hydrogen (secondary N) is 1. The summed E-state index contributed by atoms with van der Waals surface area (Å²) in [6.07, 6.45) is 3.88. The zero-order chi connectivity index (χ0) is 18.8. The van der Waals surface area contributed by atoms with Crippen LogP contribution in [-0.2, 0) is 0 Å². The van der Waals surface area contributed by atoms with Crippen LogP contribution >= 0.6 is 11.8 Å². The largest absolute Gasteiger partial charge is 0.335 e. The number of imidazole rings is 1. The van der Waals surface area contributed by atoms with E-state index >= 15 is 0 Å². The van der Waals surface area contributed by atoms with Crippen molar-refractivity contribution < 1.29 is 0 Å². The highest BCUT2D eigenvalue weighted by atomic mass is 32.2. The Morgan fingerprint density at radius 2 is 1.96 bits per heavy atom. The first-order valence-corrected chi connectivity index (χ1v) is 10.3. The summed E-state index contributed by atoms with van der Waals surface area (Å²) in [5, 5.41) is 4.53. The highest BCUT2D eigenvalue weighted by Gasteiger charge is 2.20. The maximum Gasteiger partial charge on any atom is 0.161 e. The van der Waals surface area contributed by atoms with E-state index in [1.807, 2.05) is 24.0 Å². The summed E-state index contributed by atoms with van der Waals surface area (Å²) in [5.74, 6) is 0.971. The summed E-state index contributed by atoms with van der Waals surface area (Å²) in [6.45, 7) is 6.32. The van der Waals surface area contributed by atoms with Gasteiger partial charge in [-0.3, -0.25) is 4.99 Å². The van der Waals surface area contributed by atoms with E-state index in [0.29, 0.717) is 0 Å². The molecule has 4 rings (SSSR count). The number of aromatic nitrogens is 2. The van der Waals surface area contributed by atoms with Crippen LogP contribution in [0.2, 0.25) is 6.82 Å². The highest BCUT2D eigenvalue weighted by molar-refractivity contribution is 8.14. The molecule has 0 fully saturated rings. The predicted molar refractivity (Wildman–Crippen MR) is 118 cm³/mol. The molecule has 0 saturated carbocycles. The van der Waals surface area contributed by atoms with Crippen molar-refractivity contribution in [3.8, 4) is 5.69 Å². The molecule has 1 aromatic heterocycles. The van der Waals surface area contributed by atoms with E-state index in [9.17, 15) is 0 Å². The number of aliphatic imine (C=N–C) groups is 1. The Bertz CT molecular complexity index is 978. The molecule has 4 nitrogen and oxygen atoms in total. The molecule has 1 aliphatic heterocycles. The molecular weight excluding hydrogens is 351 g/mol. The maximum absolute atomic E-state index is 4.91. The van der Waals surface area contributed by atoms with E-state index in [4.69, 9.17) is 4.99 Å². The predicted octanol–water partition coefficient (Wildman–Crippen LogP) is 3.86. The van der Waals surface area contributed by atoms with Crippen LogP contribution in [0, 0.1) is 13.8 Å². The number of anilines is 1. The first-order valence-electron chi connectivity index (χ1n) is 9.30. The first kappa shape index (κ1) is 17.9. The molecular formula is C21H23BN4S. The standard InChI is InChI=1S/C21H23BN4S/c1-14-4-7-17(22-3)10-19(14)24-21-25-20(12-27-21)16-5-8-18(9-6-16)26-11-15(2)23-13-26/h4-11,13,20,22H,12H2,1-3H3,(H,24,25). The van der Waals surface area contributed by atoms with Crippen molar-refractivity contribution in [2.75, 3.05) is 11.1 Å². The molecule has 1 aliphatic rings. The van der Waals surface area contributed by atoms with Crippen molar-refractivity contribution >= 4 is 35.4 Å². The van der Waals surface area contributed by atoms with E-state index < -0.39 is 0 Å². The zero-order valence-corrected chi connectivity index (χ0v) is 16.8. The highest BCUT2D eigenvalue weighted by Crippen LogP contribution is 2.31. The van der Waals surface area contributed by atoms with Gasteiger partial charge in [-0.1, -0.05) is 48.3 Å². The van der Waals surface area contributed by atoms with E-state index in [0.717, 1.165) is 35.3 Å². The van der Waals surface area contributed by atoms with Gasteiger partial charge in [0.2, 0.25) is 0 Å². The van der Waals surface area contributed by atoms with Crippen LogP contribution in [0.15, 0.2) is 60.0 Å². The summed E-state index contributed by atoms with van der Waals surface area (Å²) in [5.41, 5.74) is 7.15. The Morgan fingerprint density at radius 1 is 1.15 bits per heavy atom. The second-order valence-electron chi connectivity index (χ2n) is 6.90. The molecule has 3 aromatic rings. The normalized spacial score (nSPS) is 16.3. The third-order valence-electron chi connectivity index (χ3n) is 4.89. The lowest BCUT2D eigenvalue weighted by Crippen LogP contribution is -2.14. The quantitative estimate of drug-likeness (QED) is 0.706. The van der Waals surface area contributed by atoms with Crippen molar-refractivity contribution in [1.29, 1.82) is 0 Å². The third-order valence-corrected chi connectivity index (χ3v) is 5.85. The van der Waals surface area contributed by atoms with E-state index in [2.05, 4.69) is 66.5 Å². The number of aryl methyl sites for hydroxylation is 2. The van der Waals surface area contributed by atoms with Gasteiger partial charge in [-0.2, -0.15) is 0 Å². The minimum atomic E-state index is 0.200. The minimum Gasteiger partial charge on any atom is -0.335 e. The van der Waals surface area contributed by atoms with Gasteiger partial charge in [-0.05, 0) is 43.2 Å². The lowest BCUT2D eigenvalue weighted by molar-refractivity contribution is 0.848. The lowest BCUT2D eigenvalue weighted by Gasteiger charge is -2.10. The molecule has 1 atom stereocenters. The SMILES string of the molecule is CBc1ccc(C)c(NC2=NC(c3ccc(-n4cnc(C)c4)cc3)CS2)c1. The minimum absolute atomic E-state index is 0.200. The number of nitrogens with zero attached hydrogens (tertiary/aromatic N) is 3.